The van der Waals surface area contributed by atoms with Crippen LogP contribution in [0.15, 0.2) is 59.4 Å². The maximum Gasteiger partial charge on any atom is 0.295 e. The lowest BCUT2D eigenvalue weighted by Crippen LogP contribution is -2.41. The van der Waals surface area contributed by atoms with Crippen molar-refractivity contribution in [1.82, 2.24) is 14.3 Å². The van der Waals surface area contributed by atoms with Crippen LogP contribution in [0.4, 0.5) is 5.69 Å². The van der Waals surface area contributed by atoms with Crippen molar-refractivity contribution in [2.45, 2.75) is 19.8 Å². The highest BCUT2D eigenvalue weighted by Crippen LogP contribution is 2.22. The molecule has 1 aliphatic rings. The molecule has 0 spiro atoms. The molecule has 2 aromatic carbocycles. The van der Waals surface area contributed by atoms with Crippen LogP contribution in [0, 0.1) is 12.8 Å². The van der Waals surface area contributed by atoms with Gasteiger partial charge in [-0.25, -0.2) is 4.68 Å². The zero-order valence-electron chi connectivity index (χ0n) is 18.0. The average Bonchev–Trinajstić information content (AvgIpc) is 3.02. The fourth-order valence-corrected chi connectivity index (χ4v) is 4.18. The number of nitrogens with one attached hydrogen (secondary N) is 1. The summed E-state index contributed by atoms with van der Waals surface area (Å²) in [5, 5.41) is 3.43. The summed E-state index contributed by atoms with van der Waals surface area (Å²) in [6.07, 6.45) is 1.09. The molecule has 2 heterocycles. The van der Waals surface area contributed by atoms with Gasteiger partial charge in [-0.3, -0.25) is 19.1 Å². The molecule has 166 valence electrons. The number of carbonyl (C=O) groups is 2. The Morgan fingerprint density at radius 3 is 2.25 bits per heavy atom. The zero-order valence-corrected chi connectivity index (χ0v) is 18.8. The minimum absolute atomic E-state index is 0.0647. The highest BCUT2D eigenvalue weighted by Gasteiger charge is 2.29. The van der Waals surface area contributed by atoms with Gasteiger partial charge in [0.25, 0.3) is 11.5 Å². The van der Waals surface area contributed by atoms with Crippen molar-refractivity contribution in [1.29, 1.82) is 0 Å². The monoisotopic (exact) mass is 452 g/mol. The molecule has 0 saturated carbocycles. The quantitative estimate of drug-likeness (QED) is 0.656. The van der Waals surface area contributed by atoms with Gasteiger partial charge in [0.2, 0.25) is 5.91 Å². The van der Waals surface area contributed by atoms with Gasteiger partial charge in [-0.1, -0.05) is 29.8 Å². The number of hydrogen-bond donors (Lipinski definition) is 1. The molecule has 0 aliphatic carbocycles. The highest BCUT2D eigenvalue weighted by atomic mass is 35.5. The van der Waals surface area contributed by atoms with Crippen molar-refractivity contribution in [2.24, 2.45) is 13.0 Å². The molecular weight excluding hydrogens is 428 g/mol. The maximum atomic E-state index is 13.0. The molecule has 1 aliphatic heterocycles. The summed E-state index contributed by atoms with van der Waals surface area (Å²) in [4.78, 5) is 40.4. The van der Waals surface area contributed by atoms with Crippen LogP contribution in [-0.4, -0.2) is 39.2 Å². The van der Waals surface area contributed by atoms with Gasteiger partial charge in [-0.15, -0.1) is 0 Å². The topological polar surface area (TPSA) is 76.3 Å². The Morgan fingerprint density at radius 2 is 1.62 bits per heavy atom. The second-order valence-corrected chi connectivity index (χ2v) is 8.44. The fourth-order valence-electron chi connectivity index (χ4n) is 4.06. The third kappa shape index (κ3) is 4.21. The first-order chi connectivity index (χ1) is 15.4. The number of amides is 2. The minimum atomic E-state index is -0.264. The largest absolute Gasteiger partial charge is 0.339 e. The van der Waals surface area contributed by atoms with E-state index in [0.29, 0.717) is 47.9 Å². The van der Waals surface area contributed by atoms with Crippen LogP contribution in [0.2, 0.25) is 5.02 Å². The Morgan fingerprint density at radius 1 is 1.00 bits per heavy atom. The Bertz CT molecular complexity index is 1190. The Balaban J connectivity index is 1.43. The normalized spacial score (nSPS) is 14.4. The second kappa shape index (κ2) is 9.04. The van der Waals surface area contributed by atoms with Gasteiger partial charge in [0.15, 0.2) is 0 Å². The molecule has 7 nitrogen and oxygen atoms in total. The van der Waals surface area contributed by atoms with E-state index in [1.807, 2.05) is 37.3 Å². The van der Waals surface area contributed by atoms with Gasteiger partial charge in [0.1, 0.15) is 5.69 Å². The average molecular weight is 453 g/mol. The van der Waals surface area contributed by atoms with Gasteiger partial charge >= 0.3 is 0 Å². The molecule has 0 atom stereocenters. The molecule has 0 radical (unpaired) electrons. The number of hydrogen-bond acceptors (Lipinski definition) is 3. The smallest absolute Gasteiger partial charge is 0.295 e. The van der Waals surface area contributed by atoms with Crippen molar-refractivity contribution < 1.29 is 9.59 Å². The first-order valence-corrected chi connectivity index (χ1v) is 10.9. The van der Waals surface area contributed by atoms with Crippen LogP contribution in [0.1, 0.15) is 28.9 Å². The number of halogens is 1. The standard InChI is InChI=1S/C24H25ClN4O3/c1-16-21(24(32)29(27(16)2)20-6-4-3-5-7-20)26-22(30)17-12-14-28(15-13-17)23(31)18-8-10-19(25)11-9-18/h3-11,17H,12-15H2,1-2H3,(H,26,30). The minimum Gasteiger partial charge on any atom is -0.339 e. The van der Waals surface area contributed by atoms with E-state index in [4.69, 9.17) is 11.6 Å². The number of nitrogens with zero attached hydrogens (tertiary/aromatic N) is 3. The molecule has 3 aromatic rings. The number of anilines is 1. The van der Waals surface area contributed by atoms with Crippen LogP contribution in [-0.2, 0) is 11.8 Å². The molecule has 1 aromatic heterocycles. The molecule has 0 unspecified atom stereocenters. The number of benzene rings is 2. The molecular formula is C24H25ClN4O3. The highest BCUT2D eigenvalue weighted by molar-refractivity contribution is 6.30. The lowest BCUT2D eigenvalue weighted by molar-refractivity contribution is -0.121. The molecule has 32 heavy (non-hydrogen) atoms. The molecule has 8 heteroatoms. The summed E-state index contributed by atoms with van der Waals surface area (Å²) in [6.45, 7) is 2.78. The maximum absolute atomic E-state index is 13.0. The number of carbonyl (C=O) groups excluding carboxylic acids is 2. The summed E-state index contributed by atoms with van der Waals surface area (Å²) in [5.74, 6) is -0.506. The third-order valence-electron chi connectivity index (χ3n) is 6.05. The van der Waals surface area contributed by atoms with E-state index in [1.54, 1.807) is 45.6 Å². The number of likely N-dealkylation sites (tertiary alicyclic amines) is 1. The predicted molar refractivity (Wildman–Crippen MR) is 124 cm³/mol. The first kappa shape index (κ1) is 21.9. The van der Waals surface area contributed by atoms with Gasteiger partial charge < -0.3 is 10.2 Å². The van der Waals surface area contributed by atoms with E-state index < -0.39 is 0 Å². The van der Waals surface area contributed by atoms with Gasteiger partial charge in [0, 0.05) is 36.6 Å². The van der Waals surface area contributed by atoms with Gasteiger partial charge in [-0.2, -0.15) is 0 Å². The van der Waals surface area contributed by atoms with Crippen LogP contribution >= 0.6 is 11.6 Å². The Kier molecular flexibility index (Phi) is 6.19. The van der Waals surface area contributed by atoms with Crippen molar-refractivity contribution in [3.05, 3.63) is 81.2 Å². The molecule has 1 N–H and O–H groups in total. The van der Waals surface area contributed by atoms with E-state index in [2.05, 4.69) is 5.32 Å². The summed E-state index contributed by atoms with van der Waals surface area (Å²) >= 11 is 5.90. The van der Waals surface area contributed by atoms with Crippen LogP contribution in [0.5, 0.6) is 0 Å². The van der Waals surface area contributed by atoms with E-state index in [1.165, 1.54) is 0 Å². The SMILES string of the molecule is Cc1c(NC(=O)C2CCN(C(=O)c3ccc(Cl)cc3)CC2)c(=O)n(-c2ccccc2)n1C. The fraction of sp³-hybridized carbons (Fsp3) is 0.292. The Hall–Kier alpha value is -3.32. The predicted octanol–water partition coefficient (Wildman–Crippen LogP) is 3.63. The van der Waals surface area contributed by atoms with Crippen molar-refractivity contribution >= 4 is 29.1 Å². The number of aromatic nitrogens is 2. The van der Waals surface area contributed by atoms with Crippen molar-refractivity contribution in [3.8, 4) is 5.69 Å². The number of para-hydroxylation sites is 1. The molecule has 1 fully saturated rings. The number of piperidine rings is 1. The summed E-state index contributed by atoms with van der Waals surface area (Å²) in [7, 11) is 1.79. The molecule has 0 bridgehead atoms. The summed E-state index contributed by atoms with van der Waals surface area (Å²) in [5.41, 5.74) is 2.03. The van der Waals surface area contributed by atoms with E-state index >= 15 is 0 Å². The van der Waals surface area contributed by atoms with E-state index in [9.17, 15) is 14.4 Å². The summed E-state index contributed by atoms with van der Waals surface area (Å²) in [6, 6.07) is 16.1. The second-order valence-electron chi connectivity index (χ2n) is 8.00. The van der Waals surface area contributed by atoms with Crippen molar-refractivity contribution in [3.63, 3.8) is 0 Å². The zero-order chi connectivity index (χ0) is 22.8. The molecule has 4 rings (SSSR count). The summed E-state index contributed by atoms with van der Waals surface area (Å²) < 4.78 is 3.28. The number of rotatable bonds is 4. The Labute approximate surface area is 191 Å². The van der Waals surface area contributed by atoms with E-state index in [0.717, 1.165) is 5.69 Å². The van der Waals surface area contributed by atoms with Crippen LogP contribution in [0.3, 0.4) is 0 Å². The third-order valence-corrected chi connectivity index (χ3v) is 6.30. The lowest BCUT2D eigenvalue weighted by Gasteiger charge is -2.31. The molecule has 1 saturated heterocycles. The molecule has 2 amide bonds. The van der Waals surface area contributed by atoms with E-state index in [-0.39, 0.29) is 23.3 Å². The van der Waals surface area contributed by atoms with Crippen LogP contribution < -0.4 is 10.9 Å². The van der Waals surface area contributed by atoms with Gasteiger partial charge in [0.05, 0.1) is 11.4 Å². The lowest BCUT2D eigenvalue weighted by atomic mass is 9.95. The van der Waals surface area contributed by atoms with Gasteiger partial charge in [-0.05, 0) is 56.2 Å². The first-order valence-electron chi connectivity index (χ1n) is 10.6. The van der Waals surface area contributed by atoms with Crippen molar-refractivity contribution in [2.75, 3.05) is 18.4 Å². The van der Waals surface area contributed by atoms with Crippen LogP contribution in [0.25, 0.3) is 5.69 Å².